The summed E-state index contributed by atoms with van der Waals surface area (Å²) in [6.45, 7) is -0.135. The van der Waals surface area contributed by atoms with E-state index in [1.807, 2.05) is 0 Å². The molecule has 2 aromatic carbocycles. The Morgan fingerprint density at radius 1 is 1.19 bits per heavy atom. The van der Waals surface area contributed by atoms with Crippen LogP contribution in [0.3, 0.4) is 0 Å². The van der Waals surface area contributed by atoms with E-state index in [9.17, 15) is 19.4 Å². The van der Waals surface area contributed by atoms with Crippen LogP contribution in [0.15, 0.2) is 48.5 Å². The highest BCUT2D eigenvalue weighted by Gasteiger charge is 2.39. The highest BCUT2D eigenvalue weighted by Crippen LogP contribution is 2.29. The molecule has 0 saturated carbocycles. The predicted octanol–water partition coefficient (Wildman–Crippen LogP) is 2.06. The molecule has 0 fully saturated rings. The molecule has 4 nitrogen and oxygen atoms in total. The maximum absolute atomic E-state index is 13.0. The number of aliphatic carboxylic acids is 1. The lowest BCUT2D eigenvalue weighted by molar-refractivity contribution is -0.143. The van der Waals surface area contributed by atoms with Gasteiger partial charge in [-0.05, 0) is 41.8 Å². The van der Waals surface area contributed by atoms with Gasteiger partial charge in [0.05, 0.1) is 0 Å². The van der Waals surface area contributed by atoms with Crippen LogP contribution in [0.2, 0.25) is 0 Å². The highest BCUT2D eigenvalue weighted by atomic mass is 19.1. The van der Waals surface area contributed by atoms with E-state index in [0.717, 1.165) is 0 Å². The Bertz CT molecular complexity index is 642. The van der Waals surface area contributed by atoms with Gasteiger partial charge in [-0.3, -0.25) is 4.79 Å². The number of carbonyl (C=O) groups is 1. The second-order valence-corrected chi connectivity index (χ2v) is 4.94. The second-order valence-electron chi connectivity index (χ2n) is 4.94. The Morgan fingerprint density at radius 3 is 2.38 bits per heavy atom. The molecule has 4 N–H and O–H groups in total. The number of phenolic OH excluding ortho intramolecular Hbond substituents is 1. The van der Waals surface area contributed by atoms with E-state index in [-0.39, 0.29) is 18.7 Å². The van der Waals surface area contributed by atoms with Crippen LogP contribution in [0, 0.1) is 5.82 Å². The van der Waals surface area contributed by atoms with Gasteiger partial charge < -0.3 is 15.9 Å². The summed E-state index contributed by atoms with van der Waals surface area (Å²) in [5.41, 5.74) is 5.45. The van der Waals surface area contributed by atoms with E-state index in [2.05, 4.69) is 0 Å². The Balaban J connectivity index is 2.46. The molecule has 2 rings (SSSR count). The molecule has 0 aromatic heterocycles. The van der Waals surface area contributed by atoms with Crippen molar-refractivity contribution in [2.75, 3.05) is 6.54 Å². The SMILES string of the molecule is NCC(Cc1cccc(O)c1)(C(=O)O)c1ccc(F)cc1. The molecule has 0 aliphatic rings. The van der Waals surface area contributed by atoms with E-state index in [1.54, 1.807) is 12.1 Å². The Hall–Kier alpha value is -2.40. The molecule has 0 aliphatic heterocycles. The fourth-order valence-electron chi connectivity index (χ4n) is 2.36. The molecular formula is C16H16FNO3. The lowest BCUT2D eigenvalue weighted by Crippen LogP contribution is -2.45. The topological polar surface area (TPSA) is 83.5 Å². The van der Waals surface area contributed by atoms with Gasteiger partial charge in [-0.25, -0.2) is 4.39 Å². The molecule has 110 valence electrons. The van der Waals surface area contributed by atoms with Crippen LogP contribution in [-0.2, 0) is 16.6 Å². The number of hydrogen-bond acceptors (Lipinski definition) is 3. The number of aromatic hydroxyl groups is 1. The van der Waals surface area contributed by atoms with E-state index >= 15 is 0 Å². The zero-order chi connectivity index (χ0) is 15.5. The van der Waals surface area contributed by atoms with Crippen molar-refractivity contribution in [2.45, 2.75) is 11.8 Å². The van der Waals surface area contributed by atoms with Crippen molar-refractivity contribution in [1.29, 1.82) is 0 Å². The van der Waals surface area contributed by atoms with Crippen molar-refractivity contribution in [3.05, 3.63) is 65.5 Å². The van der Waals surface area contributed by atoms with E-state index < -0.39 is 17.2 Å². The molecule has 21 heavy (non-hydrogen) atoms. The number of carboxylic acid groups (broad SMARTS) is 1. The molecule has 0 heterocycles. The average Bonchev–Trinajstić information content (AvgIpc) is 2.45. The van der Waals surface area contributed by atoms with E-state index in [4.69, 9.17) is 5.73 Å². The van der Waals surface area contributed by atoms with Crippen molar-refractivity contribution in [1.82, 2.24) is 0 Å². The van der Waals surface area contributed by atoms with Crippen LogP contribution in [0.5, 0.6) is 5.75 Å². The third-order valence-corrected chi connectivity index (χ3v) is 3.57. The average molecular weight is 289 g/mol. The molecule has 0 radical (unpaired) electrons. The van der Waals surface area contributed by atoms with Crippen LogP contribution < -0.4 is 5.73 Å². The van der Waals surface area contributed by atoms with Gasteiger partial charge >= 0.3 is 5.97 Å². The highest BCUT2D eigenvalue weighted by molar-refractivity contribution is 5.82. The third-order valence-electron chi connectivity index (χ3n) is 3.57. The first-order valence-electron chi connectivity index (χ1n) is 6.45. The molecule has 1 atom stereocenters. The van der Waals surface area contributed by atoms with Gasteiger partial charge in [-0.1, -0.05) is 24.3 Å². The summed E-state index contributed by atoms with van der Waals surface area (Å²) >= 11 is 0. The third kappa shape index (κ3) is 3.03. The number of rotatable bonds is 5. The zero-order valence-corrected chi connectivity index (χ0v) is 11.3. The summed E-state index contributed by atoms with van der Waals surface area (Å²) in [6.07, 6.45) is 0.110. The van der Waals surface area contributed by atoms with Crippen LogP contribution in [0.4, 0.5) is 4.39 Å². The normalized spacial score (nSPS) is 13.6. The molecule has 0 bridgehead atoms. The fraction of sp³-hybridized carbons (Fsp3) is 0.188. The molecule has 0 amide bonds. The minimum Gasteiger partial charge on any atom is -0.508 e. The first-order chi connectivity index (χ1) is 9.98. The van der Waals surface area contributed by atoms with Crippen molar-refractivity contribution in [2.24, 2.45) is 5.73 Å². The predicted molar refractivity (Wildman–Crippen MR) is 76.6 cm³/mol. The van der Waals surface area contributed by atoms with Gasteiger partial charge in [0.15, 0.2) is 0 Å². The maximum Gasteiger partial charge on any atom is 0.315 e. The minimum absolute atomic E-state index is 0.0583. The molecular weight excluding hydrogens is 273 g/mol. The largest absolute Gasteiger partial charge is 0.508 e. The monoisotopic (exact) mass is 289 g/mol. The van der Waals surface area contributed by atoms with Crippen molar-refractivity contribution in [3.8, 4) is 5.75 Å². The van der Waals surface area contributed by atoms with Gasteiger partial charge in [0.2, 0.25) is 0 Å². The number of carboxylic acids is 1. The zero-order valence-electron chi connectivity index (χ0n) is 11.3. The Kier molecular flexibility index (Phi) is 4.23. The summed E-state index contributed by atoms with van der Waals surface area (Å²) in [5, 5.41) is 19.1. The van der Waals surface area contributed by atoms with Gasteiger partial charge in [0.1, 0.15) is 17.0 Å². The lowest BCUT2D eigenvalue weighted by atomic mass is 9.75. The lowest BCUT2D eigenvalue weighted by Gasteiger charge is -2.28. The summed E-state index contributed by atoms with van der Waals surface area (Å²) < 4.78 is 13.0. The van der Waals surface area contributed by atoms with Crippen LogP contribution in [0.25, 0.3) is 0 Å². The quantitative estimate of drug-likeness (QED) is 0.786. The standard InChI is InChI=1S/C16H16FNO3/c17-13-6-4-12(5-7-13)16(10-18,15(20)21)9-11-2-1-3-14(19)8-11/h1-8,19H,9-10,18H2,(H,20,21). The number of nitrogens with two attached hydrogens (primary N) is 1. The van der Waals surface area contributed by atoms with Crippen molar-refractivity contribution in [3.63, 3.8) is 0 Å². The summed E-state index contributed by atoms with van der Waals surface area (Å²) in [6, 6.07) is 11.6. The number of hydrogen-bond donors (Lipinski definition) is 3. The first kappa shape index (κ1) is 15.0. The van der Waals surface area contributed by atoms with Crippen LogP contribution in [0.1, 0.15) is 11.1 Å². The van der Waals surface area contributed by atoms with E-state index in [1.165, 1.54) is 36.4 Å². The first-order valence-corrected chi connectivity index (χ1v) is 6.45. The van der Waals surface area contributed by atoms with Gasteiger partial charge in [0.25, 0.3) is 0 Å². The van der Waals surface area contributed by atoms with Crippen molar-refractivity contribution >= 4 is 5.97 Å². The molecule has 0 spiro atoms. The number of phenols is 1. The Labute approximate surface area is 121 Å². The number of halogens is 1. The minimum atomic E-state index is -1.36. The Morgan fingerprint density at radius 2 is 1.86 bits per heavy atom. The van der Waals surface area contributed by atoms with Crippen molar-refractivity contribution < 1.29 is 19.4 Å². The van der Waals surface area contributed by atoms with E-state index in [0.29, 0.717) is 11.1 Å². The van der Waals surface area contributed by atoms with Crippen LogP contribution in [-0.4, -0.2) is 22.7 Å². The second kappa shape index (κ2) is 5.93. The molecule has 2 aromatic rings. The summed E-state index contributed by atoms with van der Waals surface area (Å²) in [4.78, 5) is 11.8. The number of benzene rings is 2. The van der Waals surface area contributed by atoms with Crippen LogP contribution >= 0.6 is 0 Å². The molecule has 0 saturated heterocycles. The molecule has 5 heteroatoms. The maximum atomic E-state index is 13.0. The van der Waals surface area contributed by atoms with Gasteiger partial charge in [0, 0.05) is 6.54 Å². The van der Waals surface area contributed by atoms with Gasteiger partial charge in [-0.2, -0.15) is 0 Å². The molecule has 1 unspecified atom stereocenters. The summed E-state index contributed by atoms with van der Waals surface area (Å²) in [7, 11) is 0. The fourth-order valence-corrected chi connectivity index (χ4v) is 2.36. The smallest absolute Gasteiger partial charge is 0.315 e. The van der Waals surface area contributed by atoms with Gasteiger partial charge in [-0.15, -0.1) is 0 Å². The molecule has 0 aliphatic carbocycles. The summed E-state index contributed by atoms with van der Waals surface area (Å²) in [5.74, 6) is -1.46.